The maximum absolute atomic E-state index is 13.3. The smallest absolute Gasteiger partial charge is 0.246 e. The topological polar surface area (TPSA) is 93.2 Å². The Morgan fingerprint density at radius 1 is 0.677 bits per heavy atom. The number of benzene rings is 2. The zero-order valence-electron chi connectivity index (χ0n) is 18.2. The van der Waals surface area contributed by atoms with Gasteiger partial charge in [-0.15, -0.1) is 0 Å². The third kappa shape index (κ3) is 4.72. The molecule has 0 aromatic heterocycles. The van der Waals surface area contributed by atoms with Gasteiger partial charge in [-0.1, -0.05) is 12.1 Å². The monoisotopic (exact) mass is 468 g/mol. The van der Waals surface area contributed by atoms with Crippen LogP contribution in [0.15, 0.2) is 46.2 Å². The van der Waals surface area contributed by atoms with Crippen LogP contribution in [0.25, 0.3) is 0 Å². The zero-order chi connectivity index (χ0) is 22.8. The summed E-state index contributed by atoms with van der Waals surface area (Å²) in [7, 11) is -4.83. The number of ether oxygens (including phenoxy) is 2. The lowest BCUT2D eigenvalue weighted by Gasteiger charge is -2.23. The molecule has 2 aromatic carbocycles. The predicted octanol–water partition coefficient (Wildman–Crippen LogP) is 2.41. The molecule has 0 atom stereocenters. The molecule has 3 rings (SSSR count). The normalized spacial score (nSPS) is 16.6. The Labute approximate surface area is 184 Å². The van der Waals surface area contributed by atoms with E-state index >= 15 is 0 Å². The molecule has 170 valence electrons. The van der Waals surface area contributed by atoms with Crippen LogP contribution in [0.1, 0.15) is 17.5 Å². The Morgan fingerprint density at radius 2 is 1.06 bits per heavy atom. The highest BCUT2D eigenvalue weighted by molar-refractivity contribution is 7.89. The minimum Gasteiger partial charge on any atom is -0.495 e. The number of aryl methyl sites for hydroxylation is 2. The van der Waals surface area contributed by atoms with Crippen LogP contribution in [-0.4, -0.2) is 65.8 Å². The number of hydrogen-bond donors (Lipinski definition) is 0. The summed E-state index contributed by atoms with van der Waals surface area (Å²) in [6, 6.07) is 9.96. The fourth-order valence-electron chi connectivity index (χ4n) is 3.60. The van der Waals surface area contributed by atoms with Crippen molar-refractivity contribution in [3.8, 4) is 11.5 Å². The second-order valence-corrected chi connectivity index (χ2v) is 11.3. The zero-order valence-corrected chi connectivity index (χ0v) is 19.8. The van der Waals surface area contributed by atoms with Crippen molar-refractivity contribution in [1.29, 1.82) is 0 Å². The van der Waals surface area contributed by atoms with Gasteiger partial charge in [0.1, 0.15) is 21.3 Å². The molecule has 31 heavy (non-hydrogen) atoms. The van der Waals surface area contributed by atoms with E-state index in [-0.39, 0.29) is 47.5 Å². The Bertz CT molecular complexity index is 1070. The van der Waals surface area contributed by atoms with Crippen LogP contribution in [0.2, 0.25) is 0 Å². The largest absolute Gasteiger partial charge is 0.495 e. The average Bonchev–Trinajstić information content (AvgIpc) is 3.01. The van der Waals surface area contributed by atoms with Crippen LogP contribution in [0.4, 0.5) is 0 Å². The molecule has 1 aliphatic heterocycles. The SMILES string of the molecule is COc1ccc(C)cc1S(=O)(=O)N1CCCN(S(=O)(=O)c2cc(C)ccc2OC)CC1. The first-order valence-electron chi connectivity index (χ1n) is 9.91. The summed E-state index contributed by atoms with van der Waals surface area (Å²) in [6.07, 6.45) is 0.376. The van der Waals surface area contributed by atoms with Crippen molar-refractivity contribution in [2.45, 2.75) is 30.1 Å². The second kappa shape index (κ2) is 9.15. The number of nitrogens with zero attached hydrogens (tertiary/aromatic N) is 2. The van der Waals surface area contributed by atoms with Crippen molar-refractivity contribution >= 4 is 20.0 Å². The summed E-state index contributed by atoms with van der Waals surface area (Å²) in [6.45, 7) is 4.15. The highest BCUT2D eigenvalue weighted by atomic mass is 32.2. The Kier molecular flexibility index (Phi) is 6.95. The summed E-state index contributed by atoms with van der Waals surface area (Å²) in [5, 5.41) is 0. The van der Waals surface area contributed by atoms with E-state index in [4.69, 9.17) is 9.47 Å². The minimum atomic E-state index is -3.84. The lowest BCUT2D eigenvalue weighted by molar-refractivity contribution is 0.383. The number of sulfonamides is 2. The standard InChI is InChI=1S/C21H28N2O6S2/c1-16-6-8-18(28-3)20(14-16)30(24,25)22-10-5-11-23(13-12-22)31(26,27)21-15-17(2)7-9-19(21)29-4/h6-9,14-15H,5,10-13H2,1-4H3. The van der Waals surface area contributed by atoms with Crippen molar-refractivity contribution in [3.63, 3.8) is 0 Å². The molecule has 0 spiro atoms. The fourth-order valence-corrected chi connectivity index (χ4v) is 7.02. The molecular formula is C21H28N2O6S2. The van der Waals surface area contributed by atoms with Gasteiger partial charge in [0.2, 0.25) is 20.0 Å². The third-order valence-electron chi connectivity index (χ3n) is 5.29. The van der Waals surface area contributed by atoms with Gasteiger partial charge in [0, 0.05) is 26.2 Å². The average molecular weight is 469 g/mol. The lowest BCUT2D eigenvalue weighted by Crippen LogP contribution is -2.37. The predicted molar refractivity (Wildman–Crippen MR) is 118 cm³/mol. The van der Waals surface area contributed by atoms with Gasteiger partial charge in [-0.3, -0.25) is 0 Å². The first-order valence-corrected chi connectivity index (χ1v) is 12.8. The van der Waals surface area contributed by atoms with Crippen LogP contribution in [0, 0.1) is 13.8 Å². The van der Waals surface area contributed by atoms with Gasteiger partial charge >= 0.3 is 0 Å². The fraction of sp³-hybridized carbons (Fsp3) is 0.429. The molecule has 0 radical (unpaired) electrons. The Balaban J connectivity index is 1.89. The van der Waals surface area contributed by atoms with E-state index in [0.29, 0.717) is 6.42 Å². The van der Waals surface area contributed by atoms with Gasteiger partial charge in [-0.25, -0.2) is 16.8 Å². The van der Waals surface area contributed by atoms with Crippen LogP contribution in [-0.2, 0) is 20.0 Å². The first-order chi connectivity index (χ1) is 14.6. The van der Waals surface area contributed by atoms with Crippen LogP contribution < -0.4 is 9.47 Å². The summed E-state index contributed by atoms with van der Waals surface area (Å²) in [4.78, 5) is 0.179. The quantitative estimate of drug-likeness (QED) is 0.646. The number of rotatable bonds is 6. The van der Waals surface area contributed by atoms with Crippen molar-refractivity contribution in [3.05, 3.63) is 47.5 Å². The van der Waals surface area contributed by atoms with E-state index in [1.165, 1.54) is 22.8 Å². The molecule has 10 heteroatoms. The van der Waals surface area contributed by atoms with Gasteiger partial charge in [0.25, 0.3) is 0 Å². The molecule has 0 aliphatic carbocycles. The summed E-state index contributed by atoms with van der Waals surface area (Å²) >= 11 is 0. The maximum atomic E-state index is 13.3. The van der Waals surface area contributed by atoms with Crippen LogP contribution in [0.3, 0.4) is 0 Å². The van der Waals surface area contributed by atoms with E-state index in [2.05, 4.69) is 0 Å². The minimum absolute atomic E-state index is 0.0484. The Hall–Kier alpha value is -2.14. The molecule has 1 heterocycles. The van der Waals surface area contributed by atoms with E-state index in [1.54, 1.807) is 36.4 Å². The summed E-state index contributed by atoms with van der Waals surface area (Å²) in [5.41, 5.74) is 1.59. The van der Waals surface area contributed by atoms with Crippen LogP contribution >= 0.6 is 0 Å². The van der Waals surface area contributed by atoms with Gasteiger partial charge < -0.3 is 9.47 Å². The van der Waals surface area contributed by atoms with Gasteiger partial charge in [0.05, 0.1) is 14.2 Å². The van der Waals surface area contributed by atoms with Crippen molar-refractivity contribution in [2.75, 3.05) is 40.4 Å². The van der Waals surface area contributed by atoms with Gasteiger partial charge in [-0.2, -0.15) is 8.61 Å². The molecule has 0 amide bonds. The van der Waals surface area contributed by atoms with Crippen molar-refractivity contribution < 1.29 is 26.3 Å². The first kappa shape index (κ1) is 23.5. The van der Waals surface area contributed by atoms with E-state index in [1.807, 2.05) is 13.8 Å². The van der Waals surface area contributed by atoms with Crippen molar-refractivity contribution in [2.24, 2.45) is 0 Å². The summed E-state index contributed by atoms with van der Waals surface area (Å²) < 4.78 is 66.4. The molecule has 0 bridgehead atoms. The highest BCUT2D eigenvalue weighted by Crippen LogP contribution is 2.31. The number of hydrogen-bond acceptors (Lipinski definition) is 6. The molecule has 1 fully saturated rings. The van der Waals surface area contributed by atoms with Crippen LogP contribution in [0.5, 0.6) is 11.5 Å². The molecule has 0 N–H and O–H groups in total. The maximum Gasteiger partial charge on any atom is 0.246 e. The molecule has 0 saturated carbocycles. The third-order valence-corrected chi connectivity index (χ3v) is 9.13. The Morgan fingerprint density at radius 3 is 1.42 bits per heavy atom. The molecule has 1 saturated heterocycles. The highest BCUT2D eigenvalue weighted by Gasteiger charge is 2.34. The lowest BCUT2D eigenvalue weighted by atomic mass is 10.2. The van der Waals surface area contributed by atoms with Gasteiger partial charge in [0.15, 0.2) is 0 Å². The summed E-state index contributed by atoms with van der Waals surface area (Å²) in [5.74, 6) is 0.535. The van der Waals surface area contributed by atoms with E-state index < -0.39 is 20.0 Å². The molecule has 1 aliphatic rings. The second-order valence-electron chi connectivity index (χ2n) is 7.47. The number of methoxy groups -OCH3 is 2. The van der Waals surface area contributed by atoms with Crippen molar-refractivity contribution in [1.82, 2.24) is 8.61 Å². The van der Waals surface area contributed by atoms with E-state index in [9.17, 15) is 16.8 Å². The molecular weight excluding hydrogens is 440 g/mol. The molecule has 0 unspecified atom stereocenters. The molecule has 8 nitrogen and oxygen atoms in total. The van der Waals surface area contributed by atoms with E-state index in [0.717, 1.165) is 11.1 Å². The molecule has 2 aromatic rings. The van der Waals surface area contributed by atoms with Gasteiger partial charge in [-0.05, 0) is 55.7 Å².